The molecule has 0 unspecified atom stereocenters. The summed E-state index contributed by atoms with van der Waals surface area (Å²) in [4.78, 5) is 6.21. The fraction of sp³-hybridized carbons (Fsp3) is 0.0638. The maximum atomic E-state index is 3.82. The van der Waals surface area contributed by atoms with Gasteiger partial charge in [0.2, 0.25) is 0 Å². The van der Waals surface area contributed by atoms with Crippen LogP contribution in [0, 0.1) is 0 Å². The Morgan fingerprint density at radius 1 is 0.429 bits per heavy atom. The van der Waals surface area contributed by atoms with Crippen molar-refractivity contribution in [1.82, 2.24) is 4.98 Å². The van der Waals surface area contributed by atoms with Crippen molar-refractivity contribution in [3.8, 4) is 22.3 Å². The van der Waals surface area contributed by atoms with Gasteiger partial charge in [-0.1, -0.05) is 129 Å². The average molecular weight is 627 g/mol. The topological polar surface area (TPSA) is 19.0 Å². The highest BCUT2D eigenvalue weighted by Gasteiger charge is 2.35. The Kier molecular flexibility index (Phi) is 5.95. The Morgan fingerprint density at radius 3 is 1.76 bits per heavy atom. The SMILES string of the molecule is CC1(C)c2ccccc2-c2cc(-c3cccc4c3[nH]c3ccc(N(c5ccc6ccccc6c5)c5ccc6ccccc6c5)cc34)ccc21. The minimum atomic E-state index is -0.00403. The van der Waals surface area contributed by atoms with Crippen molar-refractivity contribution in [3.63, 3.8) is 0 Å². The van der Waals surface area contributed by atoms with Crippen LogP contribution < -0.4 is 4.90 Å². The molecule has 1 aliphatic rings. The summed E-state index contributed by atoms with van der Waals surface area (Å²) in [6.07, 6.45) is 0. The quantitative estimate of drug-likeness (QED) is 0.206. The lowest BCUT2D eigenvalue weighted by Gasteiger charge is -2.26. The van der Waals surface area contributed by atoms with Gasteiger partial charge in [0.25, 0.3) is 0 Å². The summed E-state index contributed by atoms with van der Waals surface area (Å²) < 4.78 is 0. The van der Waals surface area contributed by atoms with Gasteiger partial charge in [0.1, 0.15) is 0 Å². The molecule has 0 atom stereocenters. The van der Waals surface area contributed by atoms with E-state index >= 15 is 0 Å². The van der Waals surface area contributed by atoms with Gasteiger partial charge >= 0.3 is 0 Å². The van der Waals surface area contributed by atoms with Gasteiger partial charge < -0.3 is 9.88 Å². The van der Waals surface area contributed by atoms with Gasteiger partial charge in [-0.3, -0.25) is 0 Å². The summed E-state index contributed by atoms with van der Waals surface area (Å²) in [6, 6.07) is 60.2. The number of anilines is 3. The number of nitrogens with zero attached hydrogens (tertiary/aromatic N) is 1. The van der Waals surface area contributed by atoms with Crippen LogP contribution in [0.15, 0.2) is 164 Å². The van der Waals surface area contributed by atoms with E-state index in [1.807, 2.05) is 0 Å². The van der Waals surface area contributed by atoms with Crippen molar-refractivity contribution in [2.45, 2.75) is 19.3 Å². The predicted molar refractivity (Wildman–Crippen MR) is 208 cm³/mol. The van der Waals surface area contributed by atoms with Crippen LogP contribution in [0.2, 0.25) is 0 Å². The molecule has 1 N–H and O–H groups in total. The number of para-hydroxylation sites is 1. The van der Waals surface area contributed by atoms with Crippen LogP contribution in [0.5, 0.6) is 0 Å². The second-order valence-corrected chi connectivity index (χ2v) is 13.9. The third-order valence-electron chi connectivity index (χ3n) is 10.8. The third-order valence-corrected chi connectivity index (χ3v) is 10.8. The lowest BCUT2D eigenvalue weighted by atomic mass is 9.82. The Hall–Kier alpha value is -6.12. The van der Waals surface area contributed by atoms with E-state index in [4.69, 9.17) is 0 Å². The maximum Gasteiger partial charge on any atom is 0.0544 e. The van der Waals surface area contributed by atoms with Crippen molar-refractivity contribution in [3.05, 3.63) is 175 Å². The summed E-state index contributed by atoms with van der Waals surface area (Å²) in [5.41, 5.74) is 13.6. The summed E-state index contributed by atoms with van der Waals surface area (Å²) >= 11 is 0. The molecule has 49 heavy (non-hydrogen) atoms. The van der Waals surface area contributed by atoms with Crippen LogP contribution in [0.1, 0.15) is 25.0 Å². The monoisotopic (exact) mass is 626 g/mol. The first kappa shape index (κ1) is 27.9. The molecule has 0 bridgehead atoms. The molecule has 10 rings (SSSR count). The largest absolute Gasteiger partial charge is 0.354 e. The molecule has 2 nitrogen and oxygen atoms in total. The van der Waals surface area contributed by atoms with E-state index in [-0.39, 0.29) is 5.41 Å². The van der Waals surface area contributed by atoms with Crippen molar-refractivity contribution in [2.75, 3.05) is 4.90 Å². The molecule has 0 radical (unpaired) electrons. The fourth-order valence-electron chi connectivity index (χ4n) is 8.26. The molecule has 1 heterocycles. The second-order valence-electron chi connectivity index (χ2n) is 13.9. The van der Waals surface area contributed by atoms with E-state index in [0.29, 0.717) is 0 Å². The number of aromatic amines is 1. The van der Waals surface area contributed by atoms with Crippen LogP contribution in [-0.2, 0) is 5.41 Å². The summed E-state index contributed by atoms with van der Waals surface area (Å²) in [6.45, 7) is 4.68. The summed E-state index contributed by atoms with van der Waals surface area (Å²) in [5.74, 6) is 0. The molecule has 0 saturated carbocycles. The van der Waals surface area contributed by atoms with Gasteiger partial charge in [0.05, 0.1) is 5.52 Å². The van der Waals surface area contributed by atoms with Crippen molar-refractivity contribution >= 4 is 60.4 Å². The summed E-state index contributed by atoms with van der Waals surface area (Å²) in [7, 11) is 0. The van der Waals surface area contributed by atoms with Crippen LogP contribution in [0.25, 0.3) is 65.6 Å². The molecule has 2 heteroatoms. The van der Waals surface area contributed by atoms with E-state index in [1.165, 1.54) is 71.2 Å². The van der Waals surface area contributed by atoms with E-state index in [1.54, 1.807) is 0 Å². The Labute approximate surface area is 285 Å². The normalized spacial score (nSPS) is 13.3. The molecule has 1 aliphatic carbocycles. The van der Waals surface area contributed by atoms with Gasteiger partial charge in [-0.2, -0.15) is 0 Å². The van der Waals surface area contributed by atoms with Gasteiger partial charge in [-0.25, -0.2) is 0 Å². The molecule has 0 amide bonds. The number of nitrogens with one attached hydrogen (secondary N) is 1. The van der Waals surface area contributed by atoms with Gasteiger partial charge in [0.15, 0.2) is 0 Å². The third kappa shape index (κ3) is 4.27. The van der Waals surface area contributed by atoms with E-state index in [2.05, 4.69) is 188 Å². The molecule has 0 spiro atoms. The zero-order valence-corrected chi connectivity index (χ0v) is 27.5. The first-order valence-corrected chi connectivity index (χ1v) is 17.1. The van der Waals surface area contributed by atoms with Gasteiger partial charge in [0, 0.05) is 44.3 Å². The molecule has 0 fully saturated rings. The number of aromatic nitrogens is 1. The lowest BCUT2D eigenvalue weighted by molar-refractivity contribution is 0.660. The lowest BCUT2D eigenvalue weighted by Crippen LogP contribution is -2.14. The van der Waals surface area contributed by atoms with Gasteiger partial charge in [-0.15, -0.1) is 0 Å². The highest BCUT2D eigenvalue weighted by molar-refractivity contribution is 6.13. The van der Waals surface area contributed by atoms with Gasteiger partial charge in [-0.05, 0) is 97.9 Å². The predicted octanol–water partition coefficient (Wildman–Crippen LogP) is 13.1. The molecule has 1 aromatic heterocycles. The van der Waals surface area contributed by atoms with Crippen LogP contribution >= 0.6 is 0 Å². The molecular formula is C47H34N2. The molecule has 9 aromatic rings. The highest BCUT2D eigenvalue weighted by atomic mass is 15.1. The van der Waals surface area contributed by atoms with Crippen molar-refractivity contribution in [1.29, 1.82) is 0 Å². The van der Waals surface area contributed by atoms with Crippen molar-refractivity contribution in [2.24, 2.45) is 0 Å². The molecule has 232 valence electrons. The molecule has 8 aromatic carbocycles. The Balaban J connectivity index is 1.14. The smallest absolute Gasteiger partial charge is 0.0544 e. The molecule has 0 aliphatic heterocycles. The fourth-order valence-corrected chi connectivity index (χ4v) is 8.26. The van der Waals surface area contributed by atoms with E-state index < -0.39 is 0 Å². The zero-order valence-electron chi connectivity index (χ0n) is 27.5. The van der Waals surface area contributed by atoms with Crippen LogP contribution in [-0.4, -0.2) is 4.98 Å². The second kappa shape index (κ2) is 10.4. The standard InChI is InChI=1S/C47H34N2/c1-47(2)43-17-8-7-14-39(43)41-28-34(20-24-44(41)47)38-15-9-16-40-42-29-37(23-25-45(42)48-46(38)40)49(35-21-18-30-10-3-5-12-32(30)26-35)36-22-19-31-11-4-6-13-33(31)27-36/h3-29,48H,1-2H3. The average Bonchev–Trinajstić information content (AvgIpc) is 3.63. The first-order valence-electron chi connectivity index (χ1n) is 17.1. The maximum absolute atomic E-state index is 3.82. The number of hydrogen-bond acceptors (Lipinski definition) is 1. The number of hydrogen-bond donors (Lipinski definition) is 1. The van der Waals surface area contributed by atoms with Crippen molar-refractivity contribution < 1.29 is 0 Å². The highest BCUT2D eigenvalue weighted by Crippen LogP contribution is 2.50. The first-order chi connectivity index (χ1) is 24.0. The van der Waals surface area contributed by atoms with E-state index in [9.17, 15) is 0 Å². The van der Waals surface area contributed by atoms with E-state index in [0.717, 1.165) is 22.6 Å². The molecule has 0 saturated heterocycles. The Morgan fingerprint density at radius 2 is 1.02 bits per heavy atom. The number of rotatable bonds is 4. The number of fused-ring (bicyclic) bond motifs is 8. The number of H-pyrrole nitrogens is 1. The minimum Gasteiger partial charge on any atom is -0.354 e. The zero-order chi connectivity index (χ0) is 32.7. The van der Waals surface area contributed by atoms with Crippen LogP contribution in [0.3, 0.4) is 0 Å². The molecular weight excluding hydrogens is 593 g/mol. The number of benzene rings is 8. The minimum absolute atomic E-state index is 0.00403. The summed E-state index contributed by atoms with van der Waals surface area (Å²) in [5, 5.41) is 7.37. The van der Waals surface area contributed by atoms with Crippen LogP contribution in [0.4, 0.5) is 17.1 Å². The Bertz CT molecular complexity index is 2680.